The molecule has 1 N–H and O–H groups in total. The van der Waals surface area contributed by atoms with E-state index in [0.717, 1.165) is 33.5 Å². The van der Waals surface area contributed by atoms with Gasteiger partial charge in [-0.15, -0.1) is 22.7 Å². The second-order valence-electron chi connectivity index (χ2n) is 8.88. The molecule has 0 aliphatic carbocycles. The molecule has 4 heterocycles. The lowest BCUT2D eigenvalue weighted by Crippen LogP contribution is -2.61. The van der Waals surface area contributed by atoms with Crippen LogP contribution in [0.1, 0.15) is 25.9 Å². The first-order chi connectivity index (χ1) is 16.6. The van der Waals surface area contributed by atoms with Gasteiger partial charge in [-0.1, -0.05) is 36.4 Å². The minimum absolute atomic E-state index is 0.0184. The fourth-order valence-corrected chi connectivity index (χ4v) is 6.36. The molecule has 1 unspecified atom stereocenters. The van der Waals surface area contributed by atoms with Gasteiger partial charge in [0.1, 0.15) is 0 Å². The normalized spacial score (nSPS) is 18.4. The summed E-state index contributed by atoms with van der Waals surface area (Å²) in [5.74, 6) is 0.123. The summed E-state index contributed by atoms with van der Waals surface area (Å²) in [7, 11) is 0. The second kappa shape index (κ2) is 8.94. The molecule has 2 aromatic carbocycles. The number of fused-ring (bicyclic) bond motifs is 1. The smallest absolute Gasteiger partial charge is 0.282 e. The fourth-order valence-electron chi connectivity index (χ4n) is 4.74. The van der Waals surface area contributed by atoms with Gasteiger partial charge in [0.2, 0.25) is 0 Å². The molecule has 0 bridgehead atoms. The Kier molecular flexibility index (Phi) is 5.64. The van der Waals surface area contributed by atoms with E-state index >= 15 is 0 Å². The number of thiazole rings is 1. The highest BCUT2D eigenvalue weighted by molar-refractivity contribution is 7.20. The van der Waals surface area contributed by atoms with Crippen LogP contribution in [-0.2, 0) is 0 Å². The summed E-state index contributed by atoms with van der Waals surface area (Å²) in [5, 5.41) is 7.13. The van der Waals surface area contributed by atoms with Gasteiger partial charge in [-0.2, -0.15) is 0 Å². The van der Waals surface area contributed by atoms with Crippen LogP contribution in [0.2, 0.25) is 0 Å². The highest BCUT2D eigenvalue weighted by Gasteiger charge is 2.35. The average molecular weight is 489 g/mol. The molecule has 4 aromatic rings. The van der Waals surface area contributed by atoms with Crippen LogP contribution in [0.25, 0.3) is 21.2 Å². The molecule has 6 rings (SSSR count). The van der Waals surface area contributed by atoms with Gasteiger partial charge in [-0.05, 0) is 41.1 Å². The first-order valence-electron chi connectivity index (χ1n) is 11.5. The monoisotopic (exact) mass is 488 g/mol. The molecule has 0 spiro atoms. The lowest BCUT2D eigenvalue weighted by Gasteiger charge is -2.40. The van der Waals surface area contributed by atoms with Gasteiger partial charge < -0.3 is 15.1 Å². The number of nitrogens with zero attached hydrogens (tertiary/aromatic N) is 3. The van der Waals surface area contributed by atoms with Gasteiger partial charge in [0.15, 0.2) is 5.01 Å². The van der Waals surface area contributed by atoms with Crippen LogP contribution < -0.4 is 5.32 Å². The number of aromatic nitrogens is 1. The third-order valence-electron chi connectivity index (χ3n) is 6.57. The number of thiophene rings is 1. The predicted octanol–water partition coefficient (Wildman–Crippen LogP) is 4.35. The lowest BCUT2D eigenvalue weighted by atomic mass is 10.0. The number of likely N-dealkylation sites (tertiary alicyclic amines) is 2. The van der Waals surface area contributed by atoms with Crippen LogP contribution in [0.5, 0.6) is 0 Å². The van der Waals surface area contributed by atoms with Gasteiger partial charge in [-0.3, -0.25) is 9.59 Å². The number of hydrogen-bond acceptors (Lipinski definition) is 6. The Hall–Kier alpha value is -3.07. The Bertz CT molecular complexity index is 1330. The molecule has 8 heteroatoms. The predicted molar refractivity (Wildman–Crippen MR) is 137 cm³/mol. The molecule has 0 saturated carbocycles. The number of carbonyl (C=O) groups excluding carboxylic acids is 2. The maximum atomic E-state index is 13.1. The second-order valence-corrected chi connectivity index (χ2v) is 10.9. The number of nitrogens with one attached hydrogen (secondary N) is 1. The number of benzene rings is 2. The first kappa shape index (κ1) is 21.5. The van der Waals surface area contributed by atoms with Crippen LogP contribution in [0.3, 0.4) is 0 Å². The van der Waals surface area contributed by atoms with Crippen molar-refractivity contribution in [2.24, 2.45) is 0 Å². The first-order valence-corrected chi connectivity index (χ1v) is 13.2. The molecule has 1 atom stereocenters. The maximum absolute atomic E-state index is 13.1. The van der Waals surface area contributed by atoms with Crippen molar-refractivity contribution in [3.63, 3.8) is 0 Å². The van der Waals surface area contributed by atoms with Crippen LogP contribution in [0.15, 0.2) is 66.2 Å². The zero-order valence-electron chi connectivity index (χ0n) is 18.5. The minimum atomic E-state index is 0.0184. The van der Waals surface area contributed by atoms with Crippen molar-refractivity contribution in [2.45, 2.75) is 18.5 Å². The lowest BCUT2D eigenvalue weighted by molar-refractivity contribution is 0.0558. The van der Waals surface area contributed by atoms with E-state index in [-0.39, 0.29) is 23.9 Å². The van der Waals surface area contributed by atoms with Crippen LogP contribution >= 0.6 is 22.7 Å². The molecule has 2 saturated heterocycles. The van der Waals surface area contributed by atoms with Crippen molar-refractivity contribution < 1.29 is 9.59 Å². The van der Waals surface area contributed by atoms with Crippen LogP contribution in [0, 0.1) is 0 Å². The van der Waals surface area contributed by atoms with Gasteiger partial charge in [0, 0.05) is 54.5 Å². The third-order valence-corrected chi connectivity index (χ3v) is 8.43. The van der Waals surface area contributed by atoms with E-state index in [4.69, 9.17) is 0 Å². The van der Waals surface area contributed by atoms with Crippen molar-refractivity contribution in [2.75, 3.05) is 26.2 Å². The Balaban J connectivity index is 1.04. The Labute approximate surface area is 205 Å². The summed E-state index contributed by atoms with van der Waals surface area (Å²) in [4.78, 5) is 34.3. The third kappa shape index (κ3) is 4.13. The van der Waals surface area contributed by atoms with Gasteiger partial charge in [0.05, 0.1) is 4.88 Å². The van der Waals surface area contributed by atoms with E-state index in [9.17, 15) is 9.59 Å². The molecule has 2 aliphatic rings. The molecule has 2 fully saturated rings. The zero-order valence-corrected chi connectivity index (χ0v) is 20.1. The van der Waals surface area contributed by atoms with Crippen LogP contribution in [0.4, 0.5) is 0 Å². The van der Waals surface area contributed by atoms with Crippen molar-refractivity contribution >= 4 is 44.6 Å². The SMILES string of the molecule is O=C(c1cc2cc(-c3ccccc3)ccc2s1)N1CC(NC2CCN(C(=O)c3nccs3)C2)C1. The summed E-state index contributed by atoms with van der Waals surface area (Å²) >= 11 is 2.95. The van der Waals surface area contributed by atoms with Crippen molar-refractivity contribution in [3.8, 4) is 11.1 Å². The number of hydrogen-bond donors (Lipinski definition) is 1. The van der Waals surface area contributed by atoms with Gasteiger partial charge >= 0.3 is 0 Å². The fraction of sp³-hybridized carbons (Fsp3) is 0.269. The maximum Gasteiger partial charge on any atom is 0.282 e. The summed E-state index contributed by atoms with van der Waals surface area (Å²) in [5.41, 5.74) is 2.34. The summed E-state index contributed by atoms with van der Waals surface area (Å²) < 4.78 is 1.13. The Morgan fingerprint density at radius 2 is 1.74 bits per heavy atom. The number of rotatable bonds is 5. The molecule has 6 nitrogen and oxygen atoms in total. The standard InChI is InChI=1S/C26H24N4O2S2/c31-25(23-13-19-12-18(6-7-22(19)34-23)17-4-2-1-3-5-17)30-15-21(16-30)28-20-8-10-29(14-20)26(32)24-27-9-11-33-24/h1-7,9,11-13,20-21,28H,8,10,14-16H2. The van der Waals surface area contributed by atoms with Crippen molar-refractivity contribution in [3.05, 3.63) is 76.1 Å². The molecule has 2 aromatic heterocycles. The highest BCUT2D eigenvalue weighted by Crippen LogP contribution is 2.31. The molecule has 0 radical (unpaired) electrons. The molecular weight excluding hydrogens is 464 g/mol. The zero-order chi connectivity index (χ0) is 23.1. The molecular formula is C26H24N4O2S2. The van der Waals surface area contributed by atoms with E-state index < -0.39 is 0 Å². The molecule has 2 amide bonds. The summed E-state index contributed by atoms with van der Waals surface area (Å²) in [6.07, 6.45) is 2.60. The highest BCUT2D eigenvalue weighted by atomic mass is 32.1. The van der Waals surface area contributed by atoms with E-state index in [1.807, 2.05) is 39.4 Å². The summed E-state index contributed by atoms with van der Waals surface area (Å²) in [6, 6.07) is 19.3. The average Bonchev–Trinajstić information content (AvgIpc) is 3.61. The van der Waals surface area contributed by atoms with Gasteiger partial charge in [0.25, 0.3) is 11.8 Å². The Morgan fingerprint density at radius 3 is 2.53 bits per heavy atom. The van der Waals surface area contributed by atoms with Crippen molar-refractivity contribution in [1.82, 2.24) is 20.1 Å². The number of amides is 2. The van der Waals surface area contributed by atoms with E-state index in [0.29, 0.717) is 24.6 Å². The van der Waals surface area contributed by atoms with Gasteiger partial charge in [-0.25, -0.2) is 4.98 Å². The van der Waals surface area contributed by atoms with E-state index in [2.05, 4.69) is 40.6 Å². The molecule has 34 heavy (non-hydrogen) atoms. The largest absolute Gasteiger partial charge is 0.335 e. The minimum Gasteiger partial charge on any atom is -0.335 e. The topological polar surface area (TPSA) is 65.5 Å². The molecule has 2 aliphatic heterocycles. The quantitative estimate of drug-likeness (QED) is 0.454. The number of carbonyl (C=O) groups is 2. The van der Waals surface area contributed by atoms with E-state index in [1.165, 1.54) is 16.9 Å². The summed E-state index contributed by atoms with van der Waals surface area (Å²) in [6.45, 7) is 2.86. The van der Waals surface area contributed by atoms with Crippen molar-refractivity contribution in [1.29, 1.82) is 0 Å². The van der Waals surface area contributed by atoms with Crippen LogP contribution in [-0.4, -0.2) is 64.9 Å². The molecule has 172 valence electrons. The Morgan fingerprint density at radius 1 is 0.912 bits per heavy atom. The van der Waals surface area contributed by atoms with E-state index in [1.54, 1.807) is 17.5 Å².